The third kappa shape index (κ3) is 4.91. The Hall–Kier alpha value is -8.08. The van der Waals surface area contributed by atoms with Crippen molar-refractivity contribution in [3.63, 3.8) is 0 Å². The number of hydrogen-bond acceptors (Lipinski definition) is 4. The van der Waals surface area contributed by atoms with Crippen molar-refractivity contribution in [1.82, 2.24) is 9.97 Å². The van der Waals surface area contributed by atoms with E-state index in [1.807, 2.05) is 49.1 Å². The number of nitrogens with zero attached hydrogens (tertiary/aromatic N) is 2. The maximum atomic E-state index is 6.83. The summed E-state index contributed by atoms with van der Waals surface area (Å²) in [6, 6.07) is 61.0. The summed E-state index contributed by atoms with van der Waals surface area (Å²) in [5.74, 6) is 0. The molecule has 13 aromatic rings. The lowest BCUT2D eigenvalue weighted by atomic mass is 9.87. The molecule has 60 heavy (non-hydrogen) atoms. The summed E-state index contributed by atoms with van der Waals surface area (Å²) in [5, 5.41) is 13.5. The van der Waals surface area contributed by atoms with Crippen molar-refractivity contribution in [3.05, 3.63) is 195 Å². The quantitative estimate of drug-likeness (QED) is 0.132. The lowest BCUT2D eigenvalue weighted by Gasteiger charge is -2.16. The van der Waals surface area contributed by atoms with E-state index in [9.17, 15) is 0 Å². The topological polar surface area (TPSA) is 52.1 Å². The Kier molecular flexibility index (Phi) is 6.98. The Labute approximate surface area is 343 Å². The molecular weight excluding hydrogens is 733 g/mol. The lowest BCUT2D eigenvalue weighted by molar-refractivity contribution is 0.672. The molecule has 0 spiro atoms. The summed E-state index contributed by atoms with van der Waals surface area (Å²) in [7, 11) is 0. The van der Waals surface area contributed by atoms with E-state index >= 15 is 0 Å². The van der Waals surface area contributed by atoms with Gasteiger partial charge >= 0.3 is 0 Å². The zero-order valence-corrected chi connectivity index (χ0v) is 32.2. The van der Waals surface area contributed by atoms with Crippen molar-refractivity contribution in [3.8, 4) is 44.5 Å². The molecule has 0 saturated carbocycles. The van der Waals surface area contributed by atoms with Gasteiger partial charge in [0.2, 0.25) is 0 Å². The molecule has 0 aliphatic rings. The second-order valence-corrected chi connectivity index (χ2v) is 15.7. The summed E-state index contributed by atoms with van der Waals surface area (Å²) in [5.41, 5.74) is 12.6. The van der Waals surface area contributed by atoms with Crippen LogP contribution in [-0.2, 0) is 0 Å². The third-order valence-corrected chi connectivity index (χ3v) is 12.4. The molecule has 0 saturated heterocycles. The summed E-state index contributed by atoms with van der Waals surface area (Å²) in [6.45, 7) is 0. The van der Waals surface area contributed by atoms with Gasteiger partial charge in [0.05, 0.1) is 0 Å². The molecule has 4 nitrogen and oxygen atoms in total. The zero-order valence-electron chi connectivity index (χ0n) is 32.2. The van der Waals surface area contributed by atoms with Gasteiger partial charge < -0.3 is 8.83 Å². The van der Waals surface area contributed by atoms with Gasteiger partial charge in [-0.1, -0.05) is 109 Å². The second-order valence-electron chi connectivity index (χ2n) is 15.7. The van der Waals surface area contributed by atoms with Crippen LogP contribution < -0.4 is 0 Å². The van der Waals surface area contributed by atoms with E-state index in [1.54, 1.807) is 0 Å². The number of pyridine rings is 2. The van der Waals surface area contributed by atoms with Crippen molar-refractivity contribution < 1.29 is 8.83 Å². The molecule has 0 unspecified atom stereocenters. The Morgan fingerprint density at radius 2 is 0.717 bits per heavy atom. The SMILES string of the molecule is c1cncc(-c2ccc(-c3cc4cc5c(cc(-c6ccc(-c7cccnc7)cc6)c6ccc7c8ccccc8oc7c65)cc4c4c3ccc3c5ccccc5oc34)cc2)c1. The number of aromatic nitrogens is 2. The highest BCUT2D eigenvalue weighted by Gasteiger charge is 2.21. The zero-order chi connectivity index (χ0) is 39.3. The predicted octanol–water partition coefficient (Wildman–Crippen LogP) is 15.6. The Bertz CT molecular complexity index is 3590. The first-order chi connectivity index (χ1) is 29.7. The van der Waals surface area contributed by atoms with Crippen molar-refractivity contribution in [1.29, 1.82) is 0 Å². The summed E-state index contributed by atoms with van der Waals surface area (Å²) < 4.78 is 13.7. The Morgan fingerprint density at radius 3 is 1.15 bits per heavy atom. The van der Waals surface area contributed by atoms with Crippen molar-refractivity contribution in [2.24, 2.45) is 0 Å². The van der Waals surface area contributed by atoms with Gasteiger partial charge in [0, 0.05) is 57.1 Å². The van der Waals surface area contributed by atoms with Crippen LogP contribution >= 0.6 is 0 Å². The van der Waals surface area contributed by atoms with Gasteiger partial charge in [-0.3, -0.25) is 9.97 Å². The minimum absolute atomic E-state index is 0.885. The normalized spacial score (nSPS) is 12.0. The first-order valence-corrected chi connectivity index (χ1v) is 20.3. The van der Waals surface area contributed by atoms with Crippen LogP contribution in [0.15, 0.2) is 203 Å². The number of rotatable bonds is 4. The monoisotopic (exact) mass is 764 g/mol. The molecule has 9 aromatic carbocycles. The van der Waals surface area contributed by atoms with Crippen molar-refractivity contribution in [2.75, 3.05) is 0 Å². The highest BCUT2D eigenvalue weighted by atomic mass is 16.3. The van der Waals surface area contributed by atoms with Gasteiger partial charge in [0.1, 0.15) is 22.3 Å². The van der Waals surface area contributed by atoms with Gasteiger partial charge in [0.25, 0.3) is 0 Å². The van der Waals surface area contributed by atoms with E-state index in [4.69, 9.17) is 8.83 Å². The molecule has 0 amide bonds. The van der Waals surface area contributed by atoms with Gasteiger partial charge in [-0.05, 0) is 137 Å². The van der Waals surface area contributed by atoms with Crippen LogP contribution in [0.25, 0.3) is 131 Å². The van der Waals surface area contributed by atoms with E-state index in [0.717, 1.165) is 131 Å². The molecule has 278 valence electrons. The number of fused-ring (bicyclic) bond motifs is 14. The molecule has 0 N–H and O–H groups in total. The first-order valence-electron chi connectivity index (χ1n) is 20.3. The van der Waals surface area contributed by atoms with Crippen LogP contribution in [0.4, 0.5) is 0 Å². The molecular formula is C56H32N2O2. The van der Waals surface area contributed by atoms with E-state index < -0.39 is 0 Å². The average Bonchev–Trinajstić information content (AvgIpc) is 3.90. The Balaban J connectivity index is 1.14. The van der Waals surface area contributed by atoms with Gasteiger partial charge in [-0.2, -0.15) is 0 Å². The van der Waals surface area contributed by atoms with E-state index in [2.05, 4.69) is 156 Å². The molecule has 0 atom stereocenters. The highest BCUT2D eigenvalue weighted by Crippen LogP contribution is 2.47. The van der Waals surface area contributed by atoms with Crippen LogP contribution in [0.3, 0.4) is 0 Å². The molecule has 0 fully saturated rings. The molecule has 0 aliphatic carbocycles. The lowest BCUT2D eigenvalue weighted by Crippen LogP contribution is -1.89. The van der Waals surface area contributed by atoms with E-state index in [1.165, 1.54) is 0 Å². The van der Waals surface area contributed by atoms with Crippen molar-refractivity contribution in [2.45, 2.75) is 0 Å². The second kappa shape index (κ2) is 12.7. The van der Waals surface area contributed by atoms with Crippen LogP contribution in [0.2, 0.25) is 0 Å². The molecule has 0 aliphatic heterocycles. The number of hydrogen-bond donors (Lipinski definition) is 0. The van der Waals surface area contributed by atoms with Gasteiger partial charge in [-0.15, -0.1) is 0 Å². The summed E-state index contributed by atoms with van der Waals surface area (Å²) in [6.07, 6.45) is 7.45. The van der Waals surface area contributed by atoms with E-state index in [-0.39, 0.29) is 0 Å². The maximum Gasteiger partial charge on any atom is 0.143 e. The minimum Gasteiger partial charge on any atom is -0.455 e. The minimum atomic E-state index is 0.885. The predicted molar refractivity (Wildman–Crippen MR) is 248 cm³/mol. The third-order valence-electron chi connectivity index (χ3n) is 12.4. The first kappa shape index (κ1) is 32.9. The summed E-state index contributed by atoms with van der Waals surface area (Å²) >= 11 is 0. The number of para-hydroxylation sites is 2. The highest BCUT2D eigenvalue weighted by molar-refractivity contribution is 6.31. The van der Waals surface area contributed by atoms with E-state index in [0.29, 0.717) is 0 Å². The van der Waals surface area contributed by atoms with Crippen molar-refractivity contribution >= 4 is 87.0 Å². The molecule has 4 heterocycles. The number of benzene rings is 9. The van der Waals surface area contributed by atoms with Gasteiger partial charge in [-0.25, -0.2) is 0 Å². The number of furan rings is 2. The largest absolute Gasteiger partial charge is 0.455 e. The fourth-order valence-corrected chi connectivity index (χ4v) is 9.56. The van der Waals surface area contributed by atoms with Gasteiger partial charge in [0.15, 0.2) is 0 Å². The molecule has 4 heteroatoms. The van der Waals surface area contributed by atoms with Crippen LogP contribution in [0.1, 0.15) is 0 Å². The smallest absolute Gasteiger partial charge is 0.143 e. The molecule has 13 rings (SSSR count). The molecule has 4 aromatic heterocycles. The van der Waals surface area contributed by atoms with Crippen LogP contribution in [0.5, 0.6) is 0 Å². The summed E-state index contributed by atoms with van der Waals surface area (Å²) in [4.78, 5) is 8.72. The molecule has 0 bridgehead atoms. The maximum absolute atomic E-state index is 6.83. The fraction of sp³-hybridized carbons (Fsp3) is 0. The average molecular weight is 765 g/mol. The fourth-order valence-electron chi connectivity index (χ4n) is 9.56. The van der Waals surface area contributed by atoms with Crippen LogP contribution in [-0.4, -0.2) is 9.97 Å². The molecule has 0 radical (unpaired) electrons. The standard InChI is InChI=1S/C56H32N2O2/c1-3-11-51-41(9-1)45-23-21-43-47(35-17-13-33(14-18-35)37-7-5-25-57-31-37)27-39-30-50-40(29-49(39)53(43)55(45)59-51)28-48(36-19-15-34(16-20-36)38-8-6-26-58-32-38)44-22-24-46-42-10-2-4-12-52(42)60-56(46)54(44)50/h1-32H. The Morgan fingerprint density at radius 1 is 0.300 bits per heavy atom. The van der Waals surface area contributed by atoms with Crippen LogP contribution in [0, 0.1) is 0 Å².